The zero-order valence-electron chi connectivity index (χ0n) is 20.0. The first-order chi connectivity index (χ1) is 14.0. The summed E-state index contributed by atoms with van der Waals surface area (Å²) >= 11 is 0. The zero-order chi connectivity index (χ0) is 21.3. The fourth-order valence-electron chi connectivity index (χ4n) is 3.93. The fourth-order valence-corrected chi connectivity index (χ4v) is 3.93. The summed E-state index contributed by atoms with van der Waals surface area (Å²) in [6.07, 6.45) is 13.5. The minimum Gasteiger partial charge on any atom is -0.236 e. The molecule has 168 valence electrons. The van der Waals surface area contributed by atoms with Gasteiger partial charge in [0.25, 0.3) is 0 Å². The second kappa shape index (κ2) is 16.9. The number of hydrogen-bond donors (Lipinski definition) is 0. The third-order valence-electron chi connectivity index (χ3n) is 6.11. The van der Waals surface area contributed by atoms with Gasteiger partial charge in [0, 0.05) is 0 Å². The van der Waals surface area contributed by atoms with Crippen LogP contribution in [0.15, 0.2) is 30.3 Å². The number of hydrogen-bond acceptors (Lipinski definition) is 2. The molecule has 2 heteroatoms. The molecule has 1 unspecified atom stereocenters. The summed E-state index contributed by atoms with van der Waals surface area (Å²) < 4.78 is 0. The van der Waals surface area contributed by atoms with Crippen LogP contribution in [0.4, 0.5) is 0 Å². The van der Waals surface area contributed by atoms with E-state index in [2.05, 4.69) is 46.8 Å². The SMILES string of the molecule is CC(C)CCC[C@@H](C)CCC[C@@H](C)CCCC(C)CCOOCc1ccccc1. The standard InChI is InChI=1S/C27H48O2/c1-23(2)12-9-13-24(3)14-10-15-25(4)16-11-17-26(5)20-21-28-29-22-27-18-7-6-8-19-27/h6-8,18-19,23-26H,9-17,20-22H2,1-5H3/t24-,25-,26?/m1/s1. The second-order valence-electron chi connectivity index (χ2n) is 9.86. The Bertz CT molecular complexity index is 471. The van der Waals surface area contributed by atoms with Crippen molar-refractivity contribution in [3.8, 4) is 0 Å². The van der Waals surface area contributed by atoms with Gasteiger partial charge in [-0.25, -0.2) is 9.78 Å². The Hall–Kier alpha value is -0.860. The van der Waals surface area contributed by atoms with E-state index < -0.39 is 0 Å². The van der Waals surface area contributed by atoms with Gasteiger partial charge in [0.15, 0.2) is 0 Å². The van der Waals surface area contributed by atoms with Crippen LogP contribution >= 0.6 is 0 Å². The summed E-state index contributed by atoms with van der Waals surface area (Å²) in [7, 11) is 0. The molecule has 0 saturated heterocycles. The molecule has 1 aromatic carbocycles. The van der Waals surface area contributed by atoms with E-state index in [1.165, 1.54) is 57.8 Å². The van der Waals surface area contributed by atoms with E-state index in [9.17, 15) is 0 Å². The number of rotatable bonds is 18. The van der Waals surface area contributed by atoms with Gasteiger partial charge >= 0.3 is 0 Å². The van der Waals surface area contributed by atoms with E-state index in [4.69, 9.17) is 9.78 Å². The van der Waals surface area contributed by atoms with Crippen LogP contribution in [0.2, 0.25) is 0 Å². The van der Waals surface area contributed by atoms with Crippen LogP contribution in [0.5, 0.6) is 0 Å². The van der Waals surface area contributed by atoms with Crippen LogP contribution in [0.1, 0.15) is 104 Å². The van der Waals surface area contributed by atoms with Crippen LogP contribution in [-0.2, 0) is 16.4 Å². The van der Waals surface area contributed by atoms with E-state index in [-0.39, 0.29) is 0 Å². The molecule has 0 aliphatic heterocycles. The van der Waals surface area contributed by atoms with Crippen LogP contribution in [0, 0.1) is 23.7 Å². The average Bonchev–Trinajstić information content (AvgIpc) is 2.68. The van der Waals surface area contributed by atoms with Crippen molar-refractivity contribution >= 4 is 0 Å². The smallest absolute Gasteiger partial charge is 0.107 e. The Balaban J connectivity index is 1.92. The molecule has 0 saturated carbocycles. The molecule has 0 aromatic heterocycles. The minimum atomic E-state index is 0.531. The summed E-state index contributed by atoms with van der Waals surface area (Å²) in [5.41, 5.74) is 1.15. The van der Waals surface area contributed by atoms with Gasteiger partial charge in [0.05, 0.1) is 6.61 Å². The molecule has 0 aliphatic rings. The third-order valence-corrected chi connectivity index (χ3v) is 6.11. The Morgan fingerprint density at radius 2 is 1.07 bits per heavy atom. The lowest BCUT2D eigenvalue weighted by molar-refractivity contribution is -0.305. The highest BCUT2D eigenvalue weighted by atomic mass is 17.2. The van der Waals surface area contributed by atoms with Gasteiger partial charge < -0.3 is 0 Å². The summed E-state index contributed by atoms with van der Waals surface area (Å²) in [6, 6.07) is 10.2. The Kier molecular flexibility index (Phi) is 15.2. The fraction of sp³-hybridized carbons (Fsp3) is 0.778. The first-order valence-electron chi connectivity index (χ1n) is 12.3. The molecule has 0 aliphatic carbocycles. The van der Waals surface area contributed by atoms with Gasteiger partial charge in [-0.1, -0.05) is 123 Å². The van der Waals surface area contributed by atoms with Crippen molar-refractivity contribution in [2.45, 2.75) is 105 Å². The maximum atomic E-state index is 5.35. The van der Waals surface area contributed by atoms with E-state index in [1.54, 1.807) is 0 Å². The molecule has 3 atom stereocenters. The molecule has 0 heterocycles. The lowest BCUT2D eigenvalue weighted by atomic mass is 9.91. The van der Waals surface area contributed by atoms with Crippen LogP contribution in [-0.4, -0.2) is 6.61 Å². The predicted molar refractivity (Wildman–Crippen MR) is 126 cm³/mol. The van der Waals surface area contributed by atoms with E-state index in [1.807, 2.05) is 18.2 Å². The van der Waals surface area contributed by atoms with Crippen molar-refractivity contribution in [1.82, 2.24) is 0 Å². The monoisotopic (exact) mass is 404 g/mol. The lowest BCUT2D eigenvalue weighted by Crippen LogP contribution is -2.04. The Morgan fingerprint density at radius 3 is 1.59 bits per heavy atom. The normalized spacial score (nSPS) is 14.8. The molecular weight excluding hydrogens is 356 g/mol. The molecule has 0 spiro atoms. The summed E-state index contributed by atoms with van der Waals surface area (Å²) in [5.74, 6) is 3.35. The van der Waals surface area contributed by atoms with Crippen molar-refractivity contribution in [3.05, 3.63) is 35.9 Å². The average molecular weight is 405 g/mol. The number of benzene rings is 1. The first kappa shape index (κ1) is 26.2. The molecule has 1 aromatic rings. The topological polar surface area (TPSA) is 18.5 Å². The van der Waals surface area contributed by atoms with Crippen molar-refractivity contribution in [2.75, 3.05) is 6.61 Å². The van der Waals surface area contributed by atoms with Crippen molar-refractivity contribution in [2.24, 2.45) is 23.7 Å². The predicted octanol–water partition coefficient (Wildman–Crippen LogP) is 8.60. The maximum absolute atomic E-state index is 5.35. The van der Waals surface area contributed by atoms with E-state index >= 15 is 0 Å². The van der Waals surface area contributed by atoms with Crippen molar-refractivity contribution in [3.63, 3.8) is 0 Å². The molecule has 1 rings (SSSR count). The molecular formula is C27H48O2. The molecule has 0 amide bonds. The van der Waals surface area contributed by atoms with Crippen LogP contribution < -0.4 is 0 Å². The third kappa shape index (κ3) is 15.6. The van der Waals surface area contributed by atoms with E-state index in [0.717, 1.165) is 29.7 Å². The van der Waals surface area contributed by atoms with Crippen LogP contribution in [0.25, 0.3) is 0 Å². The van der Waals surface area contributed by atoms with Gasteiger partial charge in [0.1, 0.15) is 6.61 Å². The largest absolute Gasteiger partial charge is 0.236 e. The summed E-state index contributed by atoms with van der Waals surface area (Å²) in [6.45, 7) is 13.1. The molecule has 0 radical (unpaired) electrons. The zero-order valence-corrected chi connectivity index (χ0v) is 20.0. The molecule has 0 bridgehead atoms. The summed E-state index contributed by atoms with van der Waals surface area (Å²) in [5, 5.41) is 0. The van der Waals surface area contributed by atoms with Crippen LogP contribution in [0.3, 0.4) is 0 Å². The highest BCUT2D eigenvalue weighted by Crippen LogP contribution is 2.22. The second-order valence-corrected chi connectivity index (χ2v) is 9.86. The quantitative estimate of drug-likeness (QED) is 0.138. The maximum Gasteiger partial charge on any atom is 0.107 e. The van der Waals surface area contributed by atoms with Gasteiger partial charge in [0.2, 0.25) is 0 Å². The van der Waals surface area contributed by atoms with Gasteiger partial charge in [-0.05, 0) is 35.7 Å². The highest BCUT2D eigenvalue weighted by molar-refractivity contribution is 5.13. The molecule has 0 fully saturated rings. The highest BCUT2D eigenvalue weighted by Gasteiger charge is 2.08. The molecule has 29 heavy (non-hydrogen) atoms. The van der Waals surface area contributed by atoms with Gasteiger partial charge in [-0.3, -0.25) is 0 Å². The minimum absolute atomic E-state index is 0.531. The van der Waals surface area contributed by atoms with Gasteiger partial charge in [-0.2, -0.15) is 0 Å². The van der Waals surface area contributed by atoms with E-state index in [0.29, 0.717) is 19.1 Å². The van der Waals surface area contributed by atoms with Crippen molar-refractivity contribution < 1.29 is 9.78 Å². The first-order valence-corrected chi connectivity index (χ1v) is 12.3. The Labute approximate surface area is 181 Å². The summed E-state index contributed by atoms with van der Waals surface area (Å²) in [4.78, 5) is 10.7. The van der Waals surface area contributed by atoms with Crippen molar-refractivity contribution in [1.29, 1.82) is 0 Å². The molecule has 2 nitrogen and oxygen atoms in total. The Morgan fingerprint density at radius 1 is 0.586 bits per heavy atom. The molecule has 0 N–H and O–H groups in total. The van der Waals surface area contributed by atoms with Gasteiger partial charge in [-0.15, -0.1) is 0 Å². The lowest BCUT2D eigenvalue weighted by Gasteiger charge is -2.16.